The summed E-state index contributed by atoms with van der Waals surface area (Å²) < 4.78 is 5.73. The van der Waals surface area contributed by atoms with Gasteiger partial charge in [-0.15, -0.1) is 0 Å². The van der Waals surface area contributed by atoms with Crippen LogP contribution >= 0.6 is 11.3 Å². The van der Waals surface area contributed by atoms with Gasteiger partial charge in [0.15, 0.2) is 0 Å². The van der Waals surface area contributed by atoms with Crippen molar-refractivity contribution in [1.82, 2.24) is 4.90 Å². The summed E-state index contributed by atoms with van der Waals surface area (Å²) in [6.45, 7) is 7.67. The summed E-state index contributed by atoms with van der Waals surface area (Å²) in [6.07, 6.45) is 0. The Hall–Kier alpha value is -0.420. The van der Waals surface area contributed by atoms with Gasteiger partial charge in [-0.05, 0) is 36.2 Å². The Balaban J connectivity index is 2.10. The smallest absolute Gasteiger partial charge is 0.0753 e. The molecular formula is C12H20N2OS. The first-order chi connectivity index (χ1) is 7.62. The van der Waals surface area contributed by atoms with Crippen molar-refractivity contribution >= 4 is 11.3 Å². The van der Waals surface area contributed by atoms with E-state index in [1.165, 1.54) is 5.56 Å². The second-order valence-corrected chi connectivity index (χ2v) is 5.67. The fraction of sp³-hybridized carbons (Fsp3) is 0.667. The van der Waals surface area contributed by atoms with Crippen molar-refractivity contribution in [2.24, 2.45) is 5.73 Å². The lowest BCUT2D eigenvalue weighted by Crippen LogP contribution is -2.50. The third kappa shape index (κ3) is 2.63. The Bertz CT molecular complexity index is 324. The summed E-state index contributed by atoms with van der Waals surface area (Å²) in [5.74, 6) is 0. The van der Waals surface area contributed by atoms with Gasteiger partial charge in [-0.2, -0.15) is 11.3 Å². The molecule has 1 saturated heterocycles. The van der Waals surface area contributed by atoms with Crippen molar-refractivity contribution in [1.29, 1.82) is 0 Å². The van der Waals surface area contributed by atoms with Crippen molar-refractivity contribution in [3.05, 3.63) is 22.4 Å². The van der Waals surface area contributed by atoms with E-state index in [0.29, 0.717) is 12.6 Å². The first kappa shape index (κ1) is 12.0. The molecule has 0 aromatic carbocycles. The molecule has 1 aromatic heterocycles. The van der Waals surface area contributed by atoms with Gasteiger partial charge in [0.05, 0.1) is 12.2 Å². The van der Waals surface area contributed by atoms with E-state index in [4.69, 9.17) is 10.5 Å². The predicted octanol–water partition coefficient (Wildman–Crippen LogP) is 1.86. The standard InChI is InChI=1S/C12H20N2OS/c1-12(2)9-14(4-5-15-12)11(7-13)10-3-6-16-8-10/h3,6,8,11H,4-5,7,9,13H2,1-2H3. The fourth-order valence-electron chi connectivity index (χ4n) is 2.28. The van der Waals surface area contributed by atoms with E-state index in [2.05, 4.69) is 35.6 Å². The van der Waals surface area contributed by atoms with Gasteiger partial charge in [0.1, 0.15) is 0 Å². The van der Waals surface area contributed by atoms with E-state index < -0.39 is 0 Å². The lowest BCUT2D eigenvalue weighted by molar-refractivity contribution is -0.0967. The number of hydrogen-bond acceptors (Lipinski definition) is 4. The van der Waals surface area contributed by atoms with Crippen LogP contribution in [0, 0.1) is 0 Å². The summed E-state index contributed by atoms with van der Waals surface area (Å²) in [6, 6.07) is 2.51. The van der Waals surface area contributed by atoms with Gasteiger partial charge < -0.3 is 10.5 Å². The molecule has 16 heavy (non-hydrogen) atoms. The highest BCUT2D eigenvalue weighted by molar-refractivity contribution is 7.07. The molecule has 0 saturated carbocycles. The summed E-state index contributed by atoms with van der Waals surface area (Å²) in [5, 5.41) is 4.31. The monoisotopic (exact) mass is 240 g/mol. The first-order valence-electron chi connectivity index (χ1n) is 5.72. The average molecular weight is 240 g/mol. The van der Waals surface area contributed by atoms with Crippen molar-refractivity contribution in [3.8, 4) is 0 Å². The molecule has 1 aromatic rings. The van der Waals surface area contributed by atoms with Crippen LogP contribution in [0.2, 0.25) is 0 Å². The van der Waals surface area contributed by atoms with Gasteiger partial charge in [-0.1, -0.05) is 0 Å². The molecule has 3 nitrogen and oxygen atoms in total. The van der Waals surface area contributed by atoms with Crippen LogP contribution in [0.15, 0.2) is 16.8 Å². The summed E-state index contributed by atoms with van der Waals surface area (Å²) in [5.41, 5.74) is 7.19. The molecule has 1 unspecified atom stereocenters. The van der Waals surface area contributed by atoms with E-state index in [0.717, 1.165) is 19.7 Å². The van der Waals surface area contributed by atoms with E-state index >= 15 is 0 Å². The van der Waals surface area contributed by atoms with Gasteiger partial charge in [0.2, 0.25) is 0 Å². The molecule has 1 aliphatic rings. The van der Waals surface area contributed by atoms with Crippen LogP contribution in [0.25, 0.3) is 0 Å². The molecule has 0 bridgehead atoms. The SMILES string of the molecule is CC1(C)CN(C(CN)c2ccsc2)CCO1. The molecule has 1 fully saturated rings. The number of ether oxygens (including phenoxy) is 1. The predicted molar refractivity (Wildman–Crippen MR) is 67.7 cm³/mol. The zero-order chi connectivity index (χ0) is 11.6. The zero-order valence-electron chi connectivity index (χ0n) is 9.98. The third-order valence-corrected chi connectivity index (χ3v) is 3.75. The second kappa shape index (κ2) is 4.84. The first-order valence-corrected chi connectivity index (χ1v) is 6.67. The molecule has 0 radical (unpaired) electrons. The minimum absolute atomic E-state index is 0.0539. The average Bonchev–Trinajstić information content (AvgIpc) is 2.71. The van der Waals surface area contributed by atoms with Crippen LogP contribution in [0.5, 0.6) is 0 Å². The van der Waals surface area contributed by atoms with Crippen LogP contribution in [-0.2, 0) is 4.74 Å². The largest absolute Gasteiger partial charge is 0.373 e. The Labute approximate surface area is 101 Å². The molecule has 0 spiro atoms. The third-order valence-electron chi connectivity index (χ3n) is 3.05. The van der Waals surface area contributed by atoms with Crippen LogP contribution < -0.4 is 5.73 Å². The normalized spacial score (nSPS) is 23.2. The topological polar surface area (TPSA) is 38.5 Å². The highest BCUT2D eigenvalue weighted by atomic mass is 32.1. The Kier molecular flexibility index (Phi) is 3.64. The van der Waals surface area contributed by atoms with E-state index in [9.17, 15) is 0 Å². The van der Waals surface area contributed by atoms with E-state index in [1.807, 2.05) is 0 Å². The van der Waals surface area contributed by atoms with E-state index in [-0.39, 0.29) is 5.60 Å². The molecule has 90 valence electrons. The Morgan fingerprint density at radius 3 is 3.00 bits per heavy atom. The fourth-order valence-corrected chi connectivity index (χ4v) is 2.99. The highest BCUT2D eigenvalue weighted by Crippen LogP contribution is 2.27. The number of nitrogens with two attached hydrogens (primary N) is 1. The van der Waals surface area contributed by atoms with Crippen molar-refractivity contribution in [2.75, 3.05) is 26.2 Å². The molecule has 2 N–H and O–H groups in total. The molecule has 0 amide bonds. The van der Waals surface area contributed by atoms with Crippen LogP contribution in [0.4, 0.5) is 0 Å². The lowest BCUT2D eigenvalue weighted by Gasteiger charge is -2.41. The maximum atomic E-state index is 5.91. The number of rotatable bonds is 3. The molecule has 2 rings (SSSR count). The van der Waals surface area contributed by atoms with Gasteiger partial charge in [0, 0.05) is 25.7 Å². The van der Waals surface area contributed by atoms with Crippen LogP contribution in [0.1, 0.15) is 25.5 Å². The zero-order valence-corrected chi connectivity index (χ0v) is 10.8. The van der Waals surface area contributed by atoms with Crippen molar-refractivity contribution in [3.63, 3.8) is 0 Å². The van der Waals surface area contributed by atoms with Gasteiger partial charge in [-0.3, -0.25) is 4.90 Å². The van der Waals surface area contributed by atoms with E-state index in [1.54, 1.807) is 11.3 Å². The number of hydrogen-bond donors (Lipinski definition) is 1. The molecule has 0 aliphatic carbocycles. The quantitative estimate of drug-likeness (QED) is 0.876. The minimum atomic E-state index is -0.0539. The molecule has 2 heterocycles. The Morgan fingerprint density at radius 2 is 2.44 bits per heavy atom. The summed E-state index contributed by atoms with van der Waals surface area (Å²) in [7, 11) is 0. The molecule has 1 atom stereocenters. The molecule has 4 heteroatoms. The number of thiophene rings is 1. The maximum Gasteiger partial charge on any atom is 0.0753 e. The lowest BCUT2D eigenvalue weighted by atomic mass is 10.0. The molecule has 1 aliphatic heterocycles. The number of morpholine rings is 1. The van der Waals surface area contributed by atoms with Crippen molar-refractivity contribution < 1.29 is 4.74 Å². The number of nitrogens with zero attached hydrogens (tertiary/aromatic N) is 1. The van der Waals surface area contributed by atoms with Gasteiger partial charge >= 0.3 is 0 Å². The summed E-state index contributed by atoms with van der Waals surface area (Å²) in [4.78, 5) is 2.44. The Morgan fingerprint density at radius 1 is 1.62 bits per heavy atom. The minimum Gasteiger partial charge on any atom is -0.373 e. The van der Waals surface area contributed by atoms with Gasteiger partial charge in [-0.25, -0.2) is 0 Å². The van der Waals surface area contributed by atoms with Gasteiger partial charge in [0.25, 0.3) is 0 Å². The summed E-state index contributed by atoms with van der Waals surface area (Å²) >= 11 is 1.73. The van der Waals surface area contributed by atoms with Crippen molar-refractivity contribution in [2.45, 2.75) is 25.5 Å². The van der Waals surface area contributed by atoms with Crippen LogP contribution in [0.3, 0.4) is 0 Å². The van der Waals surface area contributed by atoms with Crippen LogP contribution in [-0.4, -0.2) is 36.7 Å². The molecular weight excluding hydrogens is 220 g/mol. The second-order valence-electron chi connectivity index (χ2n) is 4.89. The maximum absolute atomic E-state index is 5.91. The highest BCUT2D eigenvalue weighted by Gasteiger charge is 2.31.